The summed E-state index contributed by atoms with van der Waals surface area (Å²) in [7, 11) is 0. The second kappa shape index (κ2) is 8.62. The number of fused-ring (bicyclic) bond motifs is 1. The molecule has 0 saturated carbocycles. The third-order valence-corrected chi connectivity index (χ3v) is 5.89. The lowest BCUT2D eigenvalue weighted by atomic mass is 9.97. The van der Waals surface area contributed by atoms with Gasteiger partial charge in [0.15, 0.2) is 5.78 Å². The Labute approximate surface area is 177 Å². The van der Waals surface area contributed by atoms with Crippen LogP contribution in [0.1, 0.15) is 46.8 Å². The highest BCUT2D eigenvalue weighted by molar-refractivity contribution is 5.97. The molecule has 0 unspecified atom stereocenters. The summed E-state index contributed by atoms with van der Waals surface area (Å²) < 4.78 is 0. The maximum absolute atomic E-state index is 12.6. The molecule has 0 N–H and O–H groups in total. The van der Waals surface area contributed by atoms with Crippen molar-refractivity contribution >= 4 is 17.4 Å². The summed E-state index contributed by atoms with van der Waals surface area (Å²) in [5, 5.41) is 0. The number of rotatable bonds is 6. The van der Waals surface area contributed by atoms with Gasteiger partial charge in [0.25, 0.3) is 0 Å². The van der Waals surface area contributed by atoms with E-state index >= 15 is 0 Å². The Morgan fingerprint density at radius 3 is 2.53 bits per heavy atom. The molecule has 1 aliphatic rings. The molecule has 4 nitrogen and oxygen atoms in total. The molecule has 1 aliphatic heterocycles. The molecule has 0 aliphatic carbocycles. The summed E-state index contributed by atoms with van der Waals surface area (Å²) in [6.45, 7) is 4.70. The van der Waals surface area contributed by atoms with E-state index in [-0.39, 0.29) is 11.7 Å². The highest BCUT2D eigenvalue weighted by Gasteiger charge is 2.23. The van der Waals surface area contributed by atoms with E-state index in [0.717, 1.165) is 40.9 Å². The van der Waals surface area contributed by atoms with Gasteiger partial charge in [-0.25, -0.2) is 0 Å². The fraction of sp³-hybridized carbons (Fsp3) is 0.269. The topological polar surface area (TPSA) is 50.3 Å². The number of nitrogens with zero attached hydrogens (tertiary/aromatic N) is 2. The Bertz CT molecular complexity index is 1090. The van der Waals surface area contributed by atoms with Gasteiger partial charge in [-0.05, 0) is 65.8 Å². The normalized spacial score (nSPS) is 12.7. The first-order chi connectivity index (χ1) is 14.6. The lowest BCUT2D eigenvalue weighted by Gasteiger charge is -2.16. The molecule has 4 heteroatoms. The average Bonchev–Trinajstić information content (AvgIpc) is 3.21. The summed E-state index contributed by atoms with van der Waals surface area (Å²) in [6.07, 6.45) is 6.21. The van der Waals surface area contributed by atoms with Crippen molar-refractivity contribution in [3.05, 3.63) is 83.2 Å². The van der Waals surface area contributed by atoms with Crippen LogP contribution in [-0.2, 0) is 17.6 Å². The first kappa shape index (κ1) is 20.0. The smallest absolute Gasteiger partial charge is 0.226 e. The van der Waals surface area contributed by atoms with Crippen molar-refractivity contribution in [2.45, 2.75) is 39.5 Å². The van der Waals surface area contributed by atoms with Crippen molar-refractivity contribution in [2.24, 2.45) is 0 Å². The summed E-state index contributed by atoms with van der Waals surface area (Å²) in [5.41, 5.74) is 7.47. The molecule has 0 saturated heterocycles. The third kappa shape index (κ3) is 4.04. The maximum atomic E-state index is 12.6. The lowest BCUT2D eigenvalue weighted by molar-refractivity contribution is -0.118. The number of aromatic nitrogens is 1. The van der Waals surface area contributed by atoms with E-state index < -0.39 is 0 Å². The molecule has 30 heavy (non-hydrogen) atoms. The Balaban J connectivity index is 1.45. The fourth-order valence-electron chi connectivity index (χ4n) is 4.03. The predicted molar refractivity (Wildman–Crippen MR) is 120 cm³/mol. The molecule has 0 spiro atoms. The number of amides is 1. The molecule has 0 bridgehead atoms. The van der Waals surface area contributed by atoms with Gasteiger partial charge in [-0.1, -0.05) is 37.3 Å². The summed E-state index contributed by atoms with van der Waals surface area (Å²) in [6, 6.07) is 16.1. The minimum absolute atomic E-state index is 0.146. The van der Waals surface area contributed by atoms with E-state index in [1.807, 2.05) is 61.3 Å². The van der Waals surface area contributed by atoms with E-state index in [9.17, 15) is 9.59 Å². The number of pyridine rings is 1. The van der Waals surface area contributed by atoms with Crippen LogP contribution in [-0.4, -0.2) is 23.2 Å². The molecule has 4 rings (SSSR count). The zero-order chi connectivity index (χ0) is 21.1. The maximum Gasteiger partial charge on any atom is 0.226 e. The van der Waals surface area contributed by atoms with Crippen LogP contribution in [0.5, 0.6) is 0 Å². The van der Waals surface area contributed by atoms with Gasteiger partial charge in [-0.2, -0.15) is 0 Å². The summed E-state index contributed by atoms with van der Waals surface area (Å²) >= 11 is 0. The number of Topliss-reactive ketones (excluding diaryl/α,β-unsaturated/α-hetero) is 1. The second-order valence-corrected chi connectivity index (χ2v) is 7.80. The molecular formula is C26H26N2O2. The average molecular weight is 399 g/mol. The number of aryl methyl sites for hydroxylation is 2. The molecule has 0 fully saturated rings. The lowest BCUT2D eigenvalue weighted by Crippen LogP contribution is -2.27. The van der Waals surface area contributed by atoms with Crippen LogP contribution in [0.25, 0.3) is 11.1 Å². The number of benzene rings is 2. The van der Waals surface area contributed by atoms with Crippen LogP contribution < -0.4 is 4.90 Å². The van der Waals surface area contributed by atoms with Gasteiger partial charge in [0.05, 0.1) is 0 Å². The standard InChI is InChI=1S/C26H26N2O2/c1-3-26(30)28-15-13-22-16-21(8-10-24(22)28)19-4-6-20(7-5-19)25(29)11-9-23-17-27-14-12-18(23)2/h4-8,10,12,14,16-17H,3,9,11,13,15H2,1-2H3. The van der Waals surface area contributed by atoms with Crippen molar-refractivity contribution in [2.75, 3.05) is 11.4 Å². The highest BCUT2D eigenvalue weighted by atomic mass is 16.2. The molecule has 0 atom stereocenters. The molecule has 3 aromatic rings. The van der Waals surface area contributed by atoms with Gasteiger partial charge in [-0.15, -0.1) is 0 Å². The van der Waals surface area contributed by atoms with E-state index in [0.29, 0.717) is 19.3 Å². The molecular weight excluding hydrogens is 372 g/mol. The van der Waals surface area contributed by atoms with Crippen molar-refractivity contribution < 1.29 is 9.59 Å². The van der Waals surface area contributed by atoms with Gasteiger partial charge in [0, 0.05) is 43.0 Å². The first-order valence-electron chi connectivity index (χ1n) is 10.5. The molecule has 1 amide bonds. The Kier molecular flexibility index (Phi) is 5.75. The van der Waals surface area contributed by atoms with Gasteiger partial charge in [0.1, 0.15) is 0 Å². The number of anilines is 1. The van der Waals surface area contributed by atoms with Crippen LogP contribution in [0, 0.1) is 6.92 Å². The molecule has 1 aromatic heterocycles. The molecule has 152 valence electrons. The molecule has 0 radical (unpaired) electrons. The van der Waals surface area contributed by atoms with Crippen LogP contribution in [0.15, 0.2) is 60.9 Å². The SMILES string of the molecule is CCC(=O)N1CCc2cc(-c3ccc(C(=O)CCc4cnccc4C)cc3)ccc21. The van der Waals surface area contributed by atoms with Crippen LogP contribution in [0.4, 0.5) is 5.69 Å². The van der Waals surface area contributed by atoms with Crippen molar-refractivity contribution in [3.63, 3.8) is 0 Å². The molecule has 2 heterocycles. The largest absolute Gasteiger partial charge is 0.312 e. The summed E-state index contributed by atoms with van der Waals surface area (Å²) in [5.74, 6) is 0.318. The van der Waals surface area contributed by atoms with Gasteiger partial charge >= 0.3 is 0 Å². The fourth-order valence-corrected chi connectivity index (χ4v) is 4.03. The zero-order valence-electron chi connectivity index (χ0n) is 17.5. The Hall–Kier alpha value is -3.27. The number of carbonyl (C=O) groups excluding carboxylic acids is 2. The predicted octanol–water partition coefficient (Wildman–Crippen LogP) is 5.17. The van der Waals surface area contributed by atoms with Crippen LogP contribution in [0.3, 0.4) is 0 Å². The quantitative estimate of drug-likeness (QED) is 0.538. The van der Waals surface area contributed by atoms with Crippen molar-refractivity contribution in [1.82, 2.24) is 4.98 Å². The number of ketones is 1. The van der Waals surface area contributed by atoms with Crippen LogP contribution in [0.2, 0.25) is 0 Å². The first-order valence-corrected chi connectivity index (χ1v) is 10.5. The van der Waals surface area contributed by atoms with E-state index in [4.69, 9.17) is 0 Å². The Morgan fingerprint density at radius 2 is 1.80 bits per heavy atom. The number of hydrogen-bond donors (Lipinski definition) is 0. The highest BCUT2D eigenvalue weighted by Crippen LogP contribution is 2.33. The molecule has 2 aromatic carbocycles. The van der Waals surface area contributed by atoms with Crippen molar-refractivity contribution in [3.8, 4) is 11.1 Å². The van der Waals surface area contributed by atoms with Crippen LogP contribution >= 0.6 is 0 Å². The van der Waals surface area contributed by atoms with Gasteiger partial charge < -0.3 is 4.90 Å². The zero-order valence-corrected chi connectivity index (χ0v) is 17.5. The summed E-state index contributed by atoms with van der Waals surface area (Å²) in [4.78, 5) is 30.7. The van der Waals surface area contributed by atoms with E-state index in [1.165, 1.54) is 11.1 Å². The Morgan fingerprint density at radius 1 is 1.03 bits per heavy atom. The minimum Gasteiger partial charge on any atom is -0.312 e. The van der Waals surface area contributed by atoms with Gasteiger partial charge in [0.2, 0.25) is 5.91 Å². The third-order valence-electron chi connectivity index (χ3n) is 5.89. The second-order valence-electron chi connectivity index (χ2n) is 7.80. The van der Waals surface area contributed by atoms with Gasteiger partial charge in [-0.3, -0.25) is 14.6 Å². The number of hydrogen-bond acceptors (Lipinski definition) is 3. The monoisotopic (exact) mass is 398 g/mol. The van der Waals surface area contributed by atoms with E-state index in [2.05, 4.69) is 17.1 Å². The minimum atomic E-state index is 0.146. The van der Waals surface area contributed by atoms with Crippen molar-refractivity contribution in [1.29, 1.82) is 0 Å². The van der Waals surface area contributed by atoms with E-state index in [1.54, 1.807) is 6.20 Å². The number of carbonyl (C=O) groups is 2.